The van der Waals surface area contributed by atoms with Crippen LogP contribution in [0.3, 0.4) is 0 Å². The summed E-state index contributed by atoms with van der Waals surface area (Å²) in [5, 5.41) is 2.60. The molecule has 1 atom stereocenters. The average molecular weight is 323 g/mol. The number of ether oxygens (including phenoxy) is 1. The van der Waals surface area contributed by atoms with Crippen LogP contribution in [0.25, 0.3) is 0 Å². The minimum atomic E-state index is -3.57. The van der Waals surface area contributed by atoms with Gasteiger partial charge in [0.15, 0.2) is 0 Å². The fourth-order valence-corrected chi connectivity index (χ4v) is 2.52. The van der Waals surface area contributed by atoms with Crippen molar-refractivity contribution in [1.29, 1.82) is 0 Å². The lowest BCUT2D eigenvalue weighted by Gasteiger charge is -2.22. The van der Waals surface area contributed by atoms with Gasteiger partial charge in [0.2, 0.25) is 0 Å². The van der Waals surface area contributed by atoms with Crippen LogP contribution in [-0.2, 0) is 19.0 Å². The molecule has 0 heterocycles. The summed E-state index contributed by atoms with van der Waals surface area (Å²) < 4.78 is 33.5. The van der Waals surface area contributed by atoms with Crippen LogP contribution in [-0.4, -0.2) is 38.5 Å². The fraction of sp³-hybridized carbons (Fsp3) is 0.929. The van der Waals surface area contributed by atoms with E-state index in [1.165, 1.54) is 0 Å². The molecule has 0 fully saturated rings. The summed E-state index contributed by atoms with van der Waals surface area (Å²) in [6.07, 6.45) is -0.283. The third kappa shape index (κ3) is 12.6. The molecule has 0 aliphatic carbocycles. The summed E-state index contributed by atoms with van der Waals surface area (Å²) in [6.45, 7) is 12.9. The summed E-state index contributed by atoms with van der Waals surface area (Å²) in [6, 6.07) is -0.312. The Balaban J connectivity index is 4.18. The zero-order valence-corrected chi connectivity index (χ0v) is 15.0. The third-order valence-corrected chi connectivity index (χ3v) is 3.45. The van der Waals surface area contributed by atoms with E-state index < -0.39 is 21.8 Å². The van der Waals surface area contributed by atoms with Gasteiger partial charge < -0.3 is 10.1 Å². The van der Waals surface area contributed by atoms with E-state index in [4.69, 9.17) is 8.92 Å². The number of rotatable bonds is 6. The average Bonchev–Trinajstić information content (AvgIpc) is 2.20. The second kappa shape index (κ2) is 7.45. The first-order chi connectivity index (χ1) is 9.20. The molecule has 0 bridgehead atoms. The van der Waals surface area contributed by atoms with Gasteiger partial charge in [0.05, 0.1) is 12.4 Å². The Morgan fingerprint density at radius 1 is 1.14 bits per heavy atom. The highest BCUT2D eigenvalue weighted by Gasteiger charge is 2.21. The number of alkyl carbamates (subject to hydrolysis) is 1. The standard InChI is InChI=1S/C14H29NO5S/c1-11(15-12(16)20-14(5,6)7)8-9-21(17,18)19-10-13(2,3)4/h11H,8-10H2,1-7H3,(H,15,16). The van der Waals surface area contributed by atoms with Gasteiger partial charge in [0.1, 0.15) is 5.60 Å². The van der Waals surface area contributed by atoms with Gasteiger partial charge >= 0.3 is 6.09 Å². The minimum Gasteiger partial charge on any atom is -0.444 e. The summed E-state index contributed by atoms with van der Waals surface area (Å²) in [5.74, 6) is -0.139. The SMILES string of the molecule is CC(CCS(=O)(=O)OCC(C)(C)C)NC(=O)OC(C)(C)C. The summed E-state index contributed by atoms with van der Waals surface area (Å²) in [4.78, 5) is 11.5. The lowest BCUT2D eigenvalue weighted by molar-refractivity contribution is 0.0507. The Labute approximate surface area is 128 Å². The smallest absolute Gasteiger partial charge is 0.407 e. The fourth-order valence-electron chi connectivity index (χ4n) is 1.23. The second-order valence-corrected chi connectivity index (χ2v) is 9.18. The first kappa shape index (κ1) is 20.2. The van der Waals surface area contributed by atoms with Crippen molar-refractivity contribution in [1.82, 2.24) is 5.32 Å². The predicted molar refractivity (Wildman–Crippen MR) is 82.6 cm³/mol. The highest BCUT2D eigenvalue weighted by molar-refractivity contribution is 7.86. The molecule has 0 aliphatic heterocycles. The molecule has 0 saturated heterocycles. The van der Waals surface area contributed by atoms with E-state index in [-0.39, 0.29) is 30.2 Å². The Morgan fingerprint density at radius 2 is 1.67 bits per heavy atom. The lowest BCUT2D eigenvalue weighted by Crippen LogP contribution is -2.38. The van der Waals surface area contributed by atoms with Crippen molar-refractivity contribution < 1.29 is 22.1 Å². The maximum atomic E-state index is 11.7. The van der Waals surface area contributed by atoms with Crippen LogP contribution in [0.1, 0.15) is 54.9 Å². The first-order valence-electron chi connectivity index (χ1n) is 7.07. The van der Waals surface area contributed by atoms with Gasteiger partial charge in [-0.2, -0.15) is 8.42 Å². The van der Waals surface area contributed by atoms with Gasteiger partial charge in [-0.15, -0.1) is 0 Å². The van der Waals surface area contributed by atoms with E-state index in [9.17, 15) is 13.2 Å². The van der Waals surface area contributed by atoms with Gasteiger partial charge in [-0.3, -0.25) is 4.18 Å². The van der Waals surface area contributed by atoms with Crippen molar-refractivity contribution in [3.05, 3.63) is 0 Å². The molecular formula is C14H29NO5S. The maximum Gasteiger partial charge on any atom is 0.407 e. The van der Waals surface area contributed by atoms with Crippen LogP contribution >= 0.6 is 0 Å². The Kier molecular flexibility index (Phi) is 7.15. The molecular weight excluding hydrogens is 294 g/mol. The molecule has 21 heavy (non-hydrogen) atoms. The summed E-state index contributed by atoms with van der Waals surface area (Å²) in [5.41, 5.74) is -0.793. The van der Waals surface area contributed by atoms with E-state index in [0.29, 0.717) is 0 Å². The van der Waals surface area contributed by atoms with Crippen molar-refractivity contribution in [2.75, 3.05) is 12.4 Å². The van der Waals surface area contributed by atoms with Gasteiger partial charge in [0, 0.05) is 6.04 Å². The molecule has 0 rings (SSSR count). The number of amides is 1. The summed E-state index contributed by atoms with van der Waals surface area (Å²) in [7, 11) is -3.57. The summed E-state index contributed by atoms with van der Waals surface area (Å²) >= 11 is 0. The number of nitrogens with one attached hydrogen (secondary N) is 1. The number of hydrogen-bond donors (Lipinski definition) is 1. The number of carbonyl (C=O) groups excluding carboxylic acids is 1. The van der Waals surface area contributed by atoms with E-state index >= 15 is 0 Å². The molecule has 6 nitrogen and oxygen atoms in total. The molecule has 0 saturated carbocycles. The molecule has 0 aromatic carbocycles. The Hall–Kier alpha value is -0.820. The molecule has 7 heteroatoms. The van der Waals surface area contributed by atoms with Gasteiger partial charge in [-0.1, -0.05) is 20.8 Å². The molecule has 126 valence electrons. The normalized spacial score (nSPS) is 14.6. The number of hydrogen-bond acceptors (Lipinski definition) is 5. The third-order valence-electron chi connectivity index (χ3n) is 2.24. The molecule has 0 aromatic heterocycles. The van der Waals surface area contributed by atoms with Crippen LogP contribution in [0.5, 0.6) is 0 Å². The van der Waals surface area contributed by atoms with Crippen LogP contribution in [0.4, 0.5) is 4.79 Å². The van der Waals surface area contributed by atoms with Crippen molar-refractivity contribution in [2.45, 2.75) is 66.5 Å². The zero-order chi connectivity index (χ0) is 16.9. The van der Waals surface area contributed by atoms with Crippen LogP contribution < -0.4 is 5.32 Å². The van der Waals surface area contributed by atoms with Crippen molar-refractivity contribution in [2.24, 2.45) is 5.41 Å². The second-order valence-electron chi connectivity index (χ2n) is 7.42. The van der Waals surface area contributed by atoms with Gasteiger partial charge in [-0.25, -0.2) is 4.79 Å². The molecule has 0 radical (unpaired) electrons. The topological polar surface area (TPSA) is 81.7 Å². The molecule has 0 aliphatic rings. The molecule has 0 aromatic rings. The largest absolute Gasteiger partial charge is 0.444 e. The predicted octanol–water partition coefficient (Wildman–Crippen LogP) is 2.68. The monoisotopic (exact) mass is 323 g/mol. The first-order valence-corrected chi connectivity index (χ1v) is 8.64. The van der Waals surface area contributed by atoms with Crippen LogP contribution in [0.15, 0.2) is 0 Å². The van der Waals surface area contributed by atoms with Crippen molar-refractivity contribution in [3.63, 3.8) is 0 Å². The Morgan fingerprint density at radius 3 is 2.10 bits per heavy atom. The quantitative estimate of drug-likeness (QED) is 0.760. The van der Waals surface area contributed by atoms with Crippen molar-refractivity contribution >= 4 is 16.2 Å². The van der Waals surface area contributed by atoms with E-state index in [1.807, 2.05) is 20.8 Å². The Bertz CT molecular complexity index is 431. The van der Waals surface area contributed by atoms with Crippen LogP contribution in [0, 0.1) is 5.41 Å². The maximum absolute atomic E-state index is 11.7. The lowest BCUT2D eigenvalue weighted by atomic mass is 9.99. The molecule has 0 spiro atoms. The van der Waals surface area contributed by atoms with E-state index in [1.54, 1.807) is 27.7 Å². The van der Waals surface area contributed by atoms with Gasteiger partial charge in [-0.05, 0) is 39.5 Å². The molecule has 1 N–H and O–H groups in total. The molecule has 1 unspecified atom stereocenters. The van der Waals surface area contributed by atoms with E-state index in [2.05, 4.69) is 5.32 Å². The van der Waals surface area contributed by atoms with Crippen LogP contribution in [0.2, 0.25) is 0 Å². The minimum absolute atomic E-state index is 0.139. The number of carbonyl (C=O) groups is 1. The highest BCUT2D eigenvalue weighted by atomic mass is 32.2. The molecule has 1 amide bonds. The zero-order valence-electron chi connectivity index (χ0n) is 14.1. The highest BCUT2D eigenvalue weighted by Crippen LogP contribution is 2.15. The van der Waals surface area contributed by atoms with Gasteiger partial charge in [0.25, 0.3) is 10.1 Å². The van der Waals surface area contributed by atoms with Crippen molar-refractivity contribution in [3.8, 4) is 0 Å². The van der Waals surface area contributed by atoms with E-state index in [0.717, 1.165) is 0 Å².